The Morgan fingerprint density at radius 2 is 2.00 bits per heavy atom. The Morgan fingerprint density at radius 3 is 2.67 bits per heavy atom. The molecular weight excluding hydrogens is 230 g/mol. The number of nitrogens with zero attached hydrogens (tertiary/aromatic N) is 1. The Bertz CT molecular complexity index is 440. The van der Waals surface area contributed by atoms with Crippen molar-refractivity contribution in [3.63, 3.8) is 0 Å². The molecule has 1 aromatic heterocycles. The molecule has 0 atom stereocenters. The van der Waals surface area contributed by atoms with E-state index in [0.717, 1.165) is 30.4 Å². The predicted octanol–water partition coefficient (Wildman–Crippen LogP) is 1.59. The van der Waals surface area contributed by atoms with E-state index in [1.165, 1.54) is 0 Å². The quantitative estimate of drug-likeness (QED) is 0.729. The highest BCUT2D eigenvalue weighted by molar-refractivity contribution is 5.31. The Kier molecular flexibility index (Phi) is 4.60. The lowest BCUT2D eigenvalue weighted by atomic mass is 10.3. The van der Waals surface area contributed by atoms with E-state index >= 15 is 0 Å². The summed E-state index contributed by atoms with van der Waals surface area (Å²) < 4.78 is 10.7. The maximum atomic E-state index is 5.58. The van der Waals surface area contributed by atoms with Gasteiger partial charge in [0.05, 0.1) is 13.7 Å². The number of ether oxygens (including phenoxy) is 2. The number of aromatic nitrogens is 2. The summed E-state index contributed by atoms with van der Waals surface area (Å²) >= 11 is 0. The molecule has 0 bridgehead atoms. The molecule has 0 fully saturated rings. The molecule has 0 amide bonds. The molecule has 2 N–H and O–H groups in total. The molecule has 0 spiro atoms. The van der Waals surface area contributed by atoms with Crippen LogP contribution < -0.4 is 14.8 Å². The standard InChI is InChI=1S/C13H17N3O2/c1-17-11-2-4-12(5-3-11)18-9-8-14-10-13-15-6-7-16-13/h2-7,14H,8-10H2,1H3,(H,15,16). The summed E-state index contributed by atoms with van der Waals surface area (Å²) in [6, 6.07) is 7.55. The van der Waals surface area contributed by atoms with Crippen LogP contribution in [0.5, 0.6) is 11.5 Å². The van der Waals surface area contributed by atoms with Gasteiger partial charge in [-0.2, -0.15) is 0 Å². The number of benzene rings is 1. The van der Waals surface area contributed by atoms with Gasteiger partial charge >= 0.3 is 0 Å². The van der Waals surface area contributed by atoms with Crippen molar-refractivity contribution in [3.8, 4) is 11.5 Å². The van der Waals surface area contributed by atoms with Crippen LogP contribution in [0.15, 0.2) is 36.7 Å². The first-order chi connectivity index (χ1) is 8.88. The fourth-order valence-electron chi connectivity index (χ4n) is 1.51. The highest BCUT2D eigenvalue weighted by atomic mass is 16.5. The van der Waals surface area contributed by atoms with Crippen LogP contribution in [0.3, 0.4) is 0 Å². The summed E-state index contributed by atoms with van der Waals surface area (Å²) in [7, 11) is 1.65. The van der Waals surface area contributed by atoms with E-state index in [-0.39, 0.29) is 0 Å². The van der Waals surface area contributed by atoms with Gasteiger partial charge in [-0.15, -0.1) is 0 Å². The van der Waals surface area contributed by atoms with Gasteiger partial charge in [-0.1, -0.05) is 0 Å². The van der Waals surface area contributed by atoms with Gasteiger partial charge in [0.2, 0.25) is 0 Å². The second-order valence-corrected chi connectivity index (χ2v) is 3.74. The third kappa shape index (κ3) is 3.78. The largest absolute Gasteiger partial charge is 0.497 e. The maximum absolute atomic E-state index is 5.58. The molecule has 1 heterocycles. The highest BCUT2D eigenvalue weighted by Gasteiger charge is 1.96. The number of aromatic amines is 1. The van der Waals surface area contributed by atoms with Crippen molar-refractivity contribution < 1.29 is 9.47 Å². The number of hydrogen-bond acceptors (Lipinski definition) is 4. The minimum absolute atomic E-state index is 0.618. The topological polar surface area (TPSA) is 59.2 Å². The Balaban J connectivity index is 1.62. The van der Waals surface area contributed by atoms with E-state index in [1.54, 1.807) is 13.3 Å². The van der Waals surface area contributed by atoms with Crippen LogP contribution in [0.2, 0.25) is 0 Å². The van der Waals surface area contributed by atoms with Gasteiger partial charge in [-0.05, 0) is 24.3 Å². The molecule has 0 aliphatic rings. The summed E-state index contributed by atoms with van der Waals surface area (Å²) in [5.74, 6) is 2.60. The van der Waals surface area contributed by atoms with E-state index in [9.17, 15) is 0 Å². The van der Waals surface area contributed by atoms with Crippen molar-refractivity contribution in [3.05, 3.63) is 42.5 Å². The number of H-pyrrole nitrogens is 1. The second kappa shape index (κ2) is 6.66. The minimum atomic E-state index is 0.618. The van der Waals surface area contributed by atoms with Crippen molar-refractivity contribution in [2.45, 2.75) is 6.54 Å². The Morgan fingerprint density at radius 1 is 1.22 bits per heavy atom. The highest BCUT2D eigenvalue weighted by Crippen LogP contribution is 2.16. The van der Waals surface area contributed by atoms with Crippen molar-refractivity contribution in [2.24, 2.45) is 0 Å². The zero-order valence-electron chi connectivity index (χ0n) is 10.3. The fourth-order valence-corrected chi connectivity index (χ4v) is 1.51. The number of imidazole rings is 1. The first-order valence-corrected chi connectivity index (χ1v) is 5.84. The van der Waals surface area contributed by atoms with E-state index in [2.05, 4.69) is 15.3 Å². The fraction of sp³-hybridized carbons (Fsp3) is 0.308. The van der Waals surface area contributed by atoms with Crippen LogP contribution in [-0.2, 0) is 6.54 Å². The van der Waals surface area contributed by atoms with Gasteiger partial charge in [0, 0.05) is 18.9 Å². The van der Waals surface area contributed by atoms with Crippen LogP contribution in [0.25, 0.3) is 0 Å². The van der Waals surface area contributed by atoms with Gasteiger partial charge in [0.25, 0.3) is 0 Å². The third-order valence-corrected chi connectivity index (χ3v) is 2.45. The van der Waals surface area contributed by atoms with Crippen LogP contribution in [-0.4, -0.2) is 30.2 Å². The van der Waals surface area contributed by atoms with Crippen molar-refractivity contribution in [2.75, 3.05) is 20.3 Å². The molecule has 18 heavy (non-hydrogen) atoms. The molecule has 0 aliphatic heterocycles. The average molecular weight is 247 g/mol. The monoisotopic (exact) mass is 247 g/mol. The molecule has 0 aliphatic carbocycles. The predicted molar refractivity (Wildman–Crippen MR) is 68.8 cm³/mol. The van der Waals surface area contributed by atoms with Crippen LogP contribution in [0.1, 0.15) is 5.82 Å². The smallest absolute Gasteiger partial charge is 0.120 e. The molecule has 0 saturated heterocycles. The molecular formula is C13H17N3O2. The van der Waals surface area contributed by atoms with E-state index in [0.29, 0.717) is 6.61 Å². The molecule has 96 valence electrons. The van der Waals surface area contributed by atoms with Crippen LogP contribution >= 0.6 is 0 Å². The number of hydrogen-bond donors (Lipinski definition) is 2. The average Bonchev–Trinajstić information content (AvgIpc) is 2.92. The molecule has 1 aromatic carbocycles. The summed E-state index contributed by atoms with van der Waals surface area (Å²) in [5, 5.41) is 3.24. The summed E-state index contributed by atoms with van der Waals surface area (Å²) in [6.45, 7) is 2.11. The first kappa shape index (κ1) is 12.4. The lowest BCUT2D eigenvalue weighted by Crippen LogP contribution is -2.21. The van der Waals surface area contributed by atoms with E-state index < -0.39 is 0 Å². The SMILES string of the molecule is COc1ccc(OCCNCc2ncc[nH]2)cc1. The molecule has 0 unspecified atom stereocenters. The van der Waals surface area contributed by atoms with Crippen LogP contribution in [0.4, 0.5) is 0 Å². The molecule has 2 aromatic rings. The van der Waals surface area contributed by atoms with Gasteiger partial charge in [0.1, 0.15) is 23.9 Å². The zero-order chi connectivity index (χ0) is 12.6. The molecule has 0 radical (unpaired) electrons. The summed E-state index contributed by atoms with van der Waals surface area (Å²) in [4.78, 5) is 7.15. The number of rotatable bonds is 7. The van der Waals surface area contributed by atoms with Crippen LogP contribution in [0, 0.1) is 0 Å². The van der Waals surface area contributed by atoms with Crippen molar-refractivity contribution in [1.82, 2.24) is 15.3 Å². The van der Waals surface area contributed by atoms with Gasteiger partial charge in [-0.3, -0.25) is 0 Å². The van der Waals surface area contributed by atoms with Gasteiger partial charge < -0.3 is 19.8 Å². The molecule has 5 nitrogen and oxygen atoms in total. The van der Waals surface area contributed by atoms with Gasteiger partial charge in [-0.25, -0.2) is 4.98 Å². The van der Waals surface area contributed by atoms with Crippen molar-refractivity contribution >= 4 is 0 Å². The van der Waals surface area contributed by atoms with E-state index in [4.69, 9.17) is 9.47 Å². The van der Waals surface area contributed by atoms with Gasteiger partial charge in [0.15, 0.2) is 0 Å². The molecule has 2 rings (SSSR count). The maximum Gasteiger partial charge on any atom is 0.120 e. The minimum Gasteiger partial charge on any atom is -0.497 e. The summed E-state index contributed by atoms with van der Waals surface area (Å²) in [6.07, 6.45) is 3.55. The lowest BCUT2D eigenvalue weighted by Gasteiger charge is -2.07. The zero-order valence-corrected chi connectivity index (χ0v) is 10.3. The Labute approximate surface area is 106 Å². The third-order valence-electron chi connectivity index (χ3n) is 2.45. The van der Waals surface area contributed by atoms with E-state index in [1.807, 2.05) is 30.5 Å². The number of nitrogens with one attached hydrogen (secondary N) is 2. The van der Waals surface area contributed by atoms with Crippen molar-refractivity contribution in [1.29, 1.82) is 0 Å². The second-order valence-electron chi connectivity index (χ2n) is 3.74. The normalized spacial score (nSPS) is 10.3. The molecule has 5 heteroatoms. The Hall–Kier alpha value is -2.01. The first-order valence-electron chi connectivity index (χ1n) is 5.84. The number of methoxy groups -OCH3 is 1. The summed E-state index contributed by atoms with van der Waals surface area (Å²) in [5.41, 5.74) is 0. The molecule has 0 saturated carbocycles. The lowest BCUT2D eigenvalue weighted by molar-refractivity contribution is 0.312.